The minimum atomic E-state index is 0.640. The van der Waals surface area contributed by atoms with E-state index in [1.165, 1.54) is 16.8 Å². The van der Waals surface area contributed by atoms with Crippen molar-refractivity contribution in [3.8, 4) is 0 Å². The number of nitrogens with two attached hydrogens (primary N) is 1. The molecule has 0 atom stereocenters. The van der Waals surface area contributed by atoms with Crippen molar-refractivity contribution < 1.29 is 0 Å². The molecule has 0 aliphatic carbocycles. The van der Waals surface area contributed by atoms with Crippen molar-refractivity contribution in [2.45, 2.75) is 26.7 Å². The number of aryl methyl sites for hydroxylation is 2. The molecule has 4 heteroatoms. The predicted octanol–water partition coefficient (Wildman–Crippen LogP) is 2.89. The van der Waals surface area contributed by atoms with Crippen molar-refractivity contribution >= 4 is 15.9 Å². The molecule has 0 radical (unpaired) electrons. The van der Waals surface area contributed by atoms with Gasteiger partial charge in [0.2, 0.25) is 0 Å². The van der Waals surface area contributed by atoms with Gasteiger partial charge in [-0.05, 0) is 37.6 Å². The first-order chi connectivity index (χ1) is 9.02. The van der Waals surface area contributed by atoms with Crippen LogP contribution in [-0.4, -0.2) is 16.1 Å². The van der Waals surface area contributed by atoms with Gasteiger partial charge in [0.15, 0.2) is 0 Å². The highest BCUT2D eigenvalue weighted by molar-refractivity contribution is 9.10. The van der Waals surface area contributed by atoms with E-state index in [2.05, 4.69) is 64.6 Å². The molecule has 0 saturated carbocycles. The molecule has 0 aliphatic rings. The third-order valence-electron chi connectivity index (χ3n) is 3.47. The molecule has 102 valence electrons. The zero-order valence-electron chi connectivity index (χ0n) is 11.7. The first kappa shape index (κ1) is 14.3. The molecule has 0 unspecified atom stereocenters. The quantitative estimate of drug-likeness (QED) is 0.941. The van der Waals surface area contributed by atoms with Crippen LogP contribution in [0.25, 0.3) is 0 Å². The summed E-state index contributed by atoms with van der Waals surface area (Å²) in [4.78, 5) is 4.61. The standard InChI is InChI=1S/C15H20BrN3/c1-10-8-12(4-5-13(10)16)9-14-11(2)18-15(6-7-17)19(14)3/h4-5,8H,6-7,9,17H2,1-3H3. The molecule has 1 aromatic carbocycles. The van der Waals surface area contributed by atoms with Gasteiger partial charge in [-0.2, -0.15) is 0 Å². The van der Waals surface area contributed by atoms with E-state index >= 15 is 0 Å². The summed E-state index contributed by atoms with van der Waals surface area (Å²) in [6.45, 7) is 4.83. The van der Waals surface area contributed by atoms with Gasteiger partial charge in [0.1, 0.15) is 5.82 Å². The predicted molar refractivity (Wildman–Crippen MR) is 82.4 cm³/mol. The Morgan fingerprint density at radius 2 is 2.05 bits per heavy atom. The molecule has 3 nitrogen and oxygen atoms in total. The summed E-state index contributed by atoms with van der Waals surface area (Å²) >= 11 is 3.54. The van der Waals surface area contributed by atoms with Gasteiger partial charge < -0.3 is 10.3 Å². The van der Waals surface area contributed by atoms with E-state index in [0.717, 1.165) is 28.8 Å². The number of aromatic nitrogens is 2. The van der Waals surface area contributed by atoms with Crippen molar-refractivity contribution in [2.24, 2.45) is 12.8 Å². The number of nitrogens with zero attached hydrogens (tertiary/aromatic N) is 2. The van der Waals surface area contributed by atoms with Crippen molar-refractivity contribution in [1.29, 1.82) is 0 Å². The highest BCUT2D eigenvalue weighted by Crippen LogP contribution is 2.20. The van der Waals surface area contributed by atoms with Gasteiger partial charge in [-0.3, -0.25) is 0 Å². The van der Waals surface area contributed by atoms with Crippen LogP contribution >= 0.6 is 15.9 Å². The lowest BCUT2D eigenvalue weighted by Crippen LogP contribution is -2.09. The summed E-state index contributed by atoms with van der Waals surface area (Å²) in [7, 11) is 2.08. The fraction of sp³-hybridized carbons (Fsp3) is 0.400. The third-order valence-corrected chi connectivity index (χ3v) is 4.36. The maximum atomic E-state index is 5.62. The van der Waals surface area contributed by atoms with E-state index in [0.29, 0.717) is 6.54 Å². The highest BCUT2D eigenvalue weighted by Gasteiger charge is 2.11. The lowest BCUT2D eigenvalue weighted by molar-refractivity contribution is 0.749. The van der Waals surface area contributed by atoms with Crippen LogP contribution in [0.5, 0.6) is 0 Å². The summed E-state index contributed by atoms with van der Waals surface area (Å²) in [5.41, 5.74) is 10.6. The van der Waals surface area contributed by atoms with Crippen LogP contribution in [-0.2, 0) is 19.9 Å². The Balaban J connectivity index is 2.30. The van der Waals surface area contributed by atoms with Crippen LogP contribution in [0.3, 0.4) is 0 Å². The fourth-order valence-corrected chi connectivity index (χ4v) is 2.59. The SMILES string of the molecule is Cc1cc(Cc2c(C)nc(CCN)n2C)ccc1Br. The van der Waals surface area contributed by atoms with Crippen LogP contribution in [0.2, 0.25) is 0 Å². The van der Waals surface area contributed by atoms with Crippen molar-refractivity contribution in [1.82, 2.24) is 9.55 Å². The van der Waals surface area contributed by atoms with Crippen LogP contribution in [0.1, 0.15) is 28.3 Å². The van der Waals surface area contributed by atoms with Gasteiger partial charge >= 0.3 is 0 Å². The van der Waals surface area contributed by atoms with Crippen LogP contribution in [0.15, 0.2) is 22.7 Å². The highest BCUT2D eigenvalue weighted by atomic mass is 79.9. The van der Waals surface area contributed by atoms with Crippen molar-refractivity contribution in [3.63, 3.8) is 0 Å². The smallest absolute Gasteiger partial charge is 0.110 e. The number of hydrogen-bond donors (Lipinski definition) is 1. The molecule has 2 N–H and O–H groups in total. The second-order valence-corrected chi connectivity index (χ2v) is 5.77. The fourth-order valence-electron chi connectivity index (χ4n) is 2.34. The number of halogens is 1. The molecule has 0 saturated heterocycles. The Morgan fingerprint density at radius 3 is 2.68 bits per heavy atom. The molecule has 0 fully saturated rings. The number of rotatable bonds is 4. The Bertz CT molecular complexity index is 587. The molecular formula is C15H20BrN3. The minimum Gasteiger partial charge on any atom is -0.334 e. The lowest BCUT2D eigenvalue weighted by atomic mass is 10.1. The van der Waals surface area contributed by atoms with Gasteiger partial charge in [-0.25, -0.2) is 4.98 Å². The van der Waals surface area contributed by atoms with Gasteiger partial charge in [0, 0.05) is 30.1 Å². The van der Waals surface area contributed by atoms with Crippen molar-refractivity contribution in [2.75, 3.05) is 6.54 Å². The summed E-state index contributed by atoms with van der Waals surface area (Å²) < 4.78 is 3.33. The molecule has 0 amide bonds. The average Bonchev–Trinajstić information content (AvgIpc) is 2.62. The number of benzene rings is 1. The van der Waals surface area contributed by atoms with E-state index in [1.807, 2.05) is 0 Å². The normalized spacial score (nSPS) is 11.0. The maximum absolute atomic E-state index is 5.62. The third kappa shape index (κ3) is 3.07. The van der Waals surface area contributed by atoms with Gasteiger partial charge in [0.25, 0.3) is 0 Å². The monoisotopic (exact) mass is 321 g/mol. The Hall–Kier alpha value is -1.13. The second-order valence-electron chi connectivity index (χ2n) is 4.92. The molecule has 0 aliphatic heterocycles. The van der Waals surface area contributed by atoms with Gasteiger partial charge in [-0.15, -0.1) is 0 Å². The molecule has 1 heterocycles. The van der Waals surface area contributed by atoms with Crippen LogP contribution in [0, 0.1) is 13.8 Å². The maximum Gasteiger partial charge on any atom is 0.110 e. The van der Waals surface area contributed by atoms with E-state index in [9.17, 15) is 0 Å². The van der Waals surface area contributed by atoms with E-state index < -0.39 is 0 Å². The first-order valence-corrected chi connectivity index (χ1v) is 7.28. The average molecular weight is 322 g/mol. The van der Waals surface area contributed by atoms with Gasteiger partial charge in [-0.1, -0.05) is 28.1 Å². The van der Waals surface area contributed by atoms with E-state index in [1.54, 1.807) is 0 Å². The molecule has 1 aromatic heterocycles. The Kier molecular flexibility index (Phi) is 4.42. The first-order valence-electron chi connectivity index (χ1n) is 6.49. The lowest BCUT2D eigenvalue weighted by Gasteiger charge is -2.08. The molecule has 0 bridgehead atoms. The van der Waals surface area contributed by atoms with E-state index in [-0.39, 0.29) is 0 Å². The molecule has 19 heavy (non-hydrogen) atoms. The summed E-state index contributed by atoms with van der Waals surface area (Å²) in [6.07, 6.45) is 1.74. The topological polar surface area (TPSA) is 43.8 Å². The largest absolute Gasteiger partial charge is 0.334 e. The van der Waals surface area contributed by atoms with Crippen molar-refractivity contribution in [3.05, 3.63) is 51.0 Å². The van der Waals surface area contributed by atoms with Crippen LogP contribution < -0.4 is 5.73 Å². The summed E-state index contributed by atoms with van der Waals surface area (Å²) in [5, 5.41) is 0. The Labute approximate surface area is 123 Å². The molecular weight excluding hydrogens is 302 g/mol. The zero-order valence-corrected chi connectivity index (χ0v) is 13.3. The molecule has 0 spiro atoms. The number of imidazole rings is 1. The minimum absolute atomic E-state index is 0.640. The molecule has 2 aromatic rings. The van der Waals surface area contributed by atoms with Crippen LogP contribution in [0.4, 0.5) is 0 Å². The molecule has 2 rings (SSSR count). The number of hydrogen-bond acceptors (Lipinski definition) is 2. The summed E-state index contributed by atoms with van der Waals surface area (Å²) in [5.74, 6) is 1.07. The van der Waals surface area contributed by atoms with Gasteiger partial charge in [0.05, 0.1) is 5.69 Å². The zero-order chi connectivity index (χ0) is 14.0. The summed E-state index contributed by atoms with van der Waals surface area (Å²) in [6, 6.07) is 6.49. The Morgan fingerprint density at radius 1 is 1.32 bits per heavy atom. The second kappa shape index (κ2) is 5.88. The van der Waals surface area contributed by atoms with E-state index in [4.69, 9.17) is 5.73 Å².